The molecule has 18 heavy (non-hydrogen) atoms. The summed E-state index contributed by atoms with van der Waals surface area (Å²) in [6, 6.07) is 12.1. The molecular formula is C13H10BrFN2S. The maximum absolute atomic E-state index is 13.8. The van der Waals surface area contributed by atoms with Gasteiger partial charge in [-0.1, -0.05) is 34.2 Å². The van der Waals surface area contributed by atoms with Crippen LogP contribution in [0, 0.1) is 5.82 Å². The monoisotopic (exact) mass is 324 g/mol. The number of nitrogens with two attached hydrogens (primary N) is 1. The summed E-state index contributed by atoms with van der Waals surface area (Å²) in [5, 5.41) is 2.99. The molecule has 0 fully saturated rings. The number of rotatable bonds is 3. The van der Waals surface area contributed by atoms with Crippen LogP contribution in [0.2, 0.25) is 0 Å². The lowest BCUT2D eigenvalue weighted by Crippen LogP contribution is -2.09. The molecule has 92 valence electrons. The van der Waals surface area contributed by atoms with Crippen molar-refractivity contribution in [2.75, 3.05) is 5.32 Å². The summed E-state index contributed by atoms with van der Waals surface area (Å²) in [5.74, 6) is -0.389. The molecule has 0 aliphatic carbocycles. The summed E-state index contributed by atoms with van der Waals surface area (Å²) in [7, 11) is 0. The lowest BCUT2D eigenvalue weighted by molar-refractivity contribution is 0.631. The summed E-state index contributed by atoms with van der Waals surface area (Å²) in [6.45, 7) is 0. The standard InChI is InChI=1S/C13H10BrFN2S/c14-9-2-1-3-10(7-9)17-12-5-4-8(13(16)18)6-11(12)15/h1-7,17H,(H2,16,18). The average Bonchev–Trinajstić information content (AvgIpc) is 2.31. The first kappa shape index (κ1) is 13.0. The van der Waals surface area contributed by atoms with Crippen LogP contribution in [0.4, 0.5) is 15.8 Å². The molecule has 2 nitrogen and oxygen atoms in total. The number of halogens is 2. The summed E-state index contributed by atoms with van der Waals surface area (Å²) in [4.78, 5) is 0.183. The van der Waals surface area contributed by atoms with Crippen LogP contribution in [-0.4, -0.2) is 4.99 Å². The highest BCUT2D eigenvalue weighted by molar-refractivity contribution is 9.10. The van der Waals surface area contributed by atoms with E-state index in [9.17, 15) is 4.39 Å². The van der Waals surface area contributed by atoms with Crippen LogP contribution < -0.4 is 11.1 Å². The maximum atomic E-state index is 13.8. The molecule has 0 spiro atoms. The number of hydrogen-bond donors (Lipinski definition) is 2. The molecule has 0 aliphatic heterocycles. The van der Waals surface area contributed by atoms with Crippen LogP contribution in [0.5, 0.6) is 0 Å². The van der Waals surface area contributed by atoms with Gasteiger partial charge in [-0.25, -0.2) is 4.39 Å². The van der Waals surface area contributed by atoms with Crippen LogP contribution in [0.25, 0.3) is 0 Å². The van der Waals surface area contributed by atoms with E-state index in [2.05, 4.69) is 21.2 Å². The zero-order valence-corrected chi connectivity index (χ0v) is 11.7. The number of benzene rings is 2. The molecule has 0 atom stereocenters. The van der Waals surface area contributed by atoms with Gasteiger partial charge in [-0.05, 0) is 36.4 Å². The third-order valence-electron chi connectivity index (χ3n) is 2.36. The lowest BCUT2D eigenvalue weighted by Gasteiger charge is -2.09. The highest BCUT2D eigenvalue weighted by Crippen LogP contribution is 2.23. The largest absolute Gasteiger partial charge is 0.389 e. The van der Waals surface area contributed by atoms with Gasteiger partial charge in [-0.15, -0.1) is 0 Å². The fraction of sp³-hybridized carbons (Fsp3) is 0. The molecule has 0 bridgehead atoms. The van der Waals surface area contributed by atoms with Crippen molar-refractivity contribution in [3.63, 3.8) is 0 Å². The highest BCUT2D eigenvalue weighted by Gasteiger charge is 2.05. The van der Waals surface area contributed by atoms with Gasteiger partial charge in [0.1, 0.15) is 10.8 Å². The molecule has 0 saturated carbocycles. The smallest absolute Gasteiger partial charge is 0.147 e. The third kappa shape index (κ3) is 3.05. The molecule has 2 aromatic carbocycles. The zero-order valence-electron chi connectivity index (χ0n) is 9.28. The maximum Gasteiger partial charge on any atom is 0.147 e. The van der Waals surface area contributed by atoms with E-state index in [-0.39, 0.29) is 10.8 Å². The van der Waals surface area contributed by atoms with E-state index < -0.39 is 0 Å². The van der Waals surface area contributed by atoms with Crippen LogP contribution in [0.15, 0.2) is 46.9 Å². The predicted octanol–water partition coefficient (Wildman–Crippen LogP) is 3.97. The Balaban J connectivity index is 2.27. The van der Waals surface area contributed by atoms with Crippen molar-refractivity contribution < 1.29 is 4.39 Å². The summed E-state index contributed by atoms with van der Waals surface area (Å²) >= 11 is 8.15. The number of thiocarbonyl (C=S) groups is 1. The van der Waals surface area contributed by atoms with Crippen LogP contribution in [0.3, 0.4) is 0 Å². The Bertz CT molecular complexity index is 601. The summed E-state index contributed by atoms with van der Waals surface area (Å²) in [5.41, 5.74) is 7.14. The number of nitrogens with one attached hydrogen (secondary N) is 1. The van der Waals surface area contributed by atoms with Gasteiger partial charge in [0, 0.05) is 15.7 Å². The van der Waals surface area contributed by atoms with Crippen molar-refractivity contribution in [1.29, 1.82) is 0 Å². The van der Waals surface area contributed by atoms with Crippen LogP contribution in [0.1, 0.15) is 5.56 Å². The summed E-state index contributed by atoms with van der Waals surface area (Å²) in [6.07, 6.45) is 0. The van der Waals surface area contributed by atoms with Crippen molar-refractivity contribution in [2.45, 2.75) is 0 Å². The van der Waals surface area contributed by atoms with Gasteiger partial charge in [0.15, 0.2) is 0 Å². The molecule has 0 saturated heterocycles. The van der Waals surface area contributed by atoms with Gasteiger partial charge in [0.25, 0.3) is 0 Å². The second-order valence-electron chi connectivity index (χ2n) is 3.69. The van der Waals surface area contributed by atoms with Gasteiger partial charge >= 0.3 is 0 Å². The SMILES string of the molecule is NC(=S)c1ccc(Nc2cccc(Br)c2)c(F)c1. The highest BCUT2D eigenvalue weighted by atomic mass is 79.9. The Labute approximate surface area is 118 Å². The third-order valence-corrected chi connectivity index (χ3v) is 3.09. The molecule has 2 rings (SSSR count). The van der Waals surface area contributed by atoms with Crippen molar-refractivity contribution in [3.8, 4) is 0 Å². The average molecular weight is 325 g/mol. The van der Waals surface area contributed by atoms with Gasteiger partial charge in [-0.3, -0.25) is 0 Å². The first-order chi connectivity index (χ1) is 8.56. The molecule has 5 heteroatoms. The minimum absolute atomic E-state index is 0.183. The molecule has 3 N–H and O–H groups in total. The minimum atomic E-state index is -0.389. The van der Waals surface area contributed by atoms with Gasteiger partial charge < -0.3 is 11.1 Å². The van der Waals surface area contributed by atoms with E-state index in [1.54, 1.807) is 12.1 Å². The molecule has 0 radical (unpaired) electrons. The number of hydrogen-bond acceptors (Lipinski definition) is 2. The Hall–Kier alpha value is -1.46. The molecule has 0 unspecified atom stereocenters. The van der Waals surface area contributed by atoms with Gasteiger partial charge in [-0.2, -0.15) is 0 Å². The molecule has 0 aromatic heterocycles. The lowest BCUT2D eigenvalue weighted by atomic mass is 10.2. The Morgan fingerprint density at radius 3 is 2.61 bits per heavy atom. The van der Waals surface area contributed by atoms with Crippen molar-refractivity contribution in [3.05, 3.63) is 58.3 Å². The first-order valence-electron chi connectivity index (χ1n) is 5.18. The van der Waals surface area contributed by atoms with E-state index in [4.69, 9.17) is 18.0 Å². The summed E-state index contributed by atoms with van der Waals surface area (Å²) < 4.78 is 14.7. The fourth-order valence-corrected chi connectivity index (χ4v) is 2.02. The number of anilines is 2. The Morgan fingerprint density at radius 1 is 1.22 bits per heavy atom. The van der Waals surface area contributed by atoms with E-state index in [1.165, 1.54) is 6.07 Å². The normalized spacial score (nSPS) is 10.1. The van der Waals surface area contributed by atoms with Crippen LogP contribution in [-0.2, 0) is 0 Å². The van der Waals surface area contributed by atoms with Gasteiger partial charge in [0.2, 0.25) is 0 Å². The predicted molar refractivity (Wildman–Crippen MR) is 79.7 cm³/mol. The Kier molecular flexibility index (Phi) is 3.93. The second-order valence-corrected chi connectivity index (χ2v) is 5.05. The quantitative estimate of drug-likeness (QED) is 0.839. The van der Waals surface area contributed by atoms with E-state index in [0.717, 1.165) is 10.2 Å². The second kappa shape index (κ2) is 5.46. The van der Waals surface area contributed by atoms with Crippen molar-refractivity contribution in [2.24, 2.45) is 5.73 Å². The van der Waals surface area contributed by atoms with E-state index in [1.807, 2.05) is 24.3 Å². The van der Waals surface area contributed by atoms with Crippen molar-refractivity contribution in [1.82, 2.24) is 0 Å². The molecule has 2 aromatic rings. The topological polar surface area (TPSA) is 38.0 Å². The van der Waals surface area contributed by atoms with Gasteiger partial charge in [0.05, 0.1) is 5.69 Å². The van der Waals surface area contributed by atoms with E-state index in [0.29, 0.717) is 11.3 Å². The molecule has 0 aliphatic rings. The molecule has 0 amide bonds. The first-order valence-corrected chi connectivity index (χ1v) is 6.38. The molecular weight excluding hydrogens is 315 g/mol. The van der Waals surface area contributed by atoms with Crippen LogP contribution >= 0.6 is 28.1 Å². The fourth-order valence-electron chi connectivity index (χ4n) is 1.49. The minimum Gasteiger partial charge on any atom is -0.389 e. The zero-order chi connectivity index (χ0) is 13.1. The Morgan fingerprint density at radius 2 is 2.00 bits per heavy atom. The van der Waals surface area contributed by atoms with Crippen molar-refractivity contribution >= 4 is 44.5 Å². The van der Waals surface area contributed by atoms with E-state index >= 15 is 0 Å². The molecule has 0 heterocycles.